The molecule has 19 heteroatoms. The van der Waals surface area contributed by atoms with Crippen molar-refractivity contribution < 1.29 is 37.3 Å². The minimum atomic E-state index is -4.02. The molecule has 0 bridgehead atoms. The van der Waals surface area contributed by atoms with Gasteiger partial charge in [0.1, 0.15) is 36.9 Å². The third-order valence-electron chi connectivity index (χ3n) is 20.0. The molecule has 528 valence electrons. The fourth-order valence-corrected chi connectivity index (χ4v) is 32.7. The number of hydrogen-bond acceptors (Lipinski definition) is 5. The smallest absolute Gasteiger partial charge is 0.412 e. The maximum atomic E-state index is 10.5. The van der Waals surface area contributed by atoms with E-state index in [2.05, 4.69) is 352 Å². The Hall–Kier alpha value is -3.76. The summed E-state index contributed by atoms with van der Waals surface area (Å²) in [6, 6.07) is 37.8. The number of benzene rings is 4. The van der Waals surface area contributed by atoms with E-state index < -0.39 is 49.1 Å². The van der Waals surface area contributed by atoms with Crippen LogP contribution < -0.4 is 40.4 Å². The number of imidazole rings is 3. The van der Waals surface area contributed by atoms with Gasteiger partial charge < -0.3 is 21.5 Å². The van der Waals surface area contributed by atoms with E-state index in [-0.39, 0.29) is 39.3 Å². The van der Waals surface area contributed by atoms with Crippen molar-refractivity contribution >= 4 is 102 Å². The van der Waals surface area contributed by atoms with Gasteiger partial charge in [0.15, 0.2) is 6.69 Å². The molecule has 7 rings (SSSR count). The van der Waals surface area contributed by atoms with Gasteiger partial charge in [-0.2, -0.15) is 14.8 Å². The van der Waals surface area contributed by atoms with Gasteiger partial charge in [0.2, 0.25) is 0 Å². The number of nitrogens with zero attached hydrogens (tertiary/aromatic N) is 6. The number of halogens is 2. The van der Waals surface area contributed by atoms with Crippen LogP contribution in [0.1, 0.15) is 171 Å². The number of hydrogen-bond donors (Lipinski definition) is 1. The van der Waals surface area contributed by atoms with E-state index in [1.54, 1.807) is 12.1 Å². The van der Waals surface area contributed by atoms with Gasteiger partial charge in [0, 0.05) is 40.1 Å². The second-order valence-electron chi connectivity index (χ2n) is 30.4. The van der Waals surface area contributed by atoms with E-state index in [1.807, 2.05) is 25.5 Å². The summed E-state index contributed by atoms with van der Waals surface area (Å²) >= 11 is 7.55. The van der Waals surface area contributed by atoms with Gasteiger partial charge in [-0.3, -0.25) is 9.12 Å². The fourth-order valence-electron chi connectivity index (χ4n) is 12.9. The number of rotatable bonds is 18. The van der Waals surface area contributed by atoms with Gasteiger partial charge in [-0.05, 0) is 135 Å². The van der Waals surface area contributed by atoms with Gasteiger partial charge >= 0.3 is 18.9 Å². The third-order valence-corrected chi connectivity index (χ3v) is 56.6. The molecule has 3 heterocycles. The minimum absolute atomic E-state index is 0. The second-order valence-corrected chi connectivity index (χ2v) is 62.5. The van der Waals surface area contributed by atoms with E-state index in [4.69, 9.17) is 14.5 Å². The molecule has 0 atom stereocenters. The van der Waals surface area contributed by atoms with Crippen molar-refractivity contribution in [1.82, 2.24) is 28.7 Å². The monoisotopic (exact) mass is 1530 g/mol. The number of allylic oxidation sites excluding steroid dienone is 3. The van der Waals surface area contributed by atoms with Crippen molar-refractivity contribution in [1.29, 1.82) is 0 Å². The minimum Gasteiger partial charge on any atom is -0.412 e. The molecule has 0 aliphatic carbocycles. The van der Waals surface area contributed by atoms with Crippen LogP contribution in [0, 0.1) is 13.8 Å². The molecule has 0 fully saturated rings. The summed E-state index contributed by atoms with van der Waals surface area (Å²) in [6.07, 6.45) is 10.4. The zero-order chi connectivity index (χ0) is 72.5. The van der Waals surface area contributed by atoms with Crippen LogP contribution in [0.15, 0.2) is 185 Å². The van der Waals surface area contributed by atoms with Gasteiger partial charge in [0.05, 0.1) is 28.3 Å². The maximum Gasteiger partial charge on any atom is 1.00 e. The average Bonchev–Trinajstić information content (AvgIpc) is 1.52. The molecule has 0 amide bonds. The Labute approximate surface area is 618 Å². The average molecular weight is 1540 g/mol. The van der Waals surface area contributed by atoms with Gasteiger partial charge in [-0.25, -0.2) is 15.0 Å². The molecule has 0 saturated heterocycles. The Morgan fingerprint density at radius 3 is 1.19 bits per heavy atom. The van der Waals surface area contributed by atoms with Crippen molar-refractivity contribution in [3.63, 3.8) is 0 Å². The van der Waals surface area contributed by atoms with Crippen molar-refractivity contribution in [2.45, 2.75) is 246 Å². The van der Waals surface area contributed by atoms with E-state index in [0.717, 1.165) is 27.7 Å². The van der Waals surface area contributed by atoms with E-state index >= 15 is 0 Å². The van der Waals surface area contributed by atoms with Gasteiger partial charge in [0.25, 0.3) is 10.1 Å². The quantitative estimate of drug-likeness (QED) is 0.0393. The van der Waals surface area contributed by atoms with E-state index in [0.29, 0.717) is 22.2 Å². The fraction of sp³-hybridized carbons (Fsp3) is 0.481. The molecule has 3 aromatic heterocycles. The molecule has 3 N–H and O–H groups in total. The summed E-state index contributed by atoms with van der Waals surface area (Å²) in [6.45, 7) is 77.6. The Balaban J connectivity index is 0.00000120. The van der Waals surface area contributed by atoms with Crippen LogP contribution in [-0.4, -0.2) is 86.1 Å². The van der Waals surface area contributed by atoms with Gasteiger partial charge in [-0.15, -0.1) is 35.0 Å². The molecule has 0 radical (unpaired) electrons. The summed E-state index contributed by atoms with van der Waals surface area (Å²) in [5.41, 5.74) is 10.9. The van der Waals surface area contributed by atoms with Crippen LogP contribution in [0.25, 0.3) is 17.1 Å². The molecule has 7 aromatic rings. The van der Waals surface area contributed by atoms with Crippen LogP contribution in [0.2, 0.25) is 69.5 Å². The van der Waals surface area contributed by atoms with Gasteiger partial charge in [-0.1, -0.05) is 252 Å². The molecule has 96 heavy (non-hydrogen) atoms. The summed E-state index contributed by atoms with van der Waals surface area (Å²) in [5.74, 6) is 0. The van der Waals surface area contributed by atoms with Crippen LogP contribution in [0.5, 0.6) is 0 Å². The molecule has 4 aromatic carbocycles. The maximum absolute atomic E-state index is 10.5. The molecular weight excluding hydrogens is 1410 g/mol. The molecule has 0 aliphatic rings. The van der Waals surface area contributed by atoms with E-state index in [9.17, 15) is 8.42 Å². The largest absolute Gasteiger partial charge is 1.00 e. The number of aryl methyl sites for hydroxylation is 1. The van der Waals surface area contributed by atoms with Crippen LogP contribution >= 0.6 is 31.2 Å². The summed E-state index contributed by atoms with van der Waals surface area (Å²) in [5, 5.41) is 7.35. The first kappa shape index (κ1) is 92.2. The normalized spacial score (nSPS) is 12.2. The number of para-hydroxylation sites is 3. The zero-order valence-electron chi connectivity index (χ0n) is 64.6. The summed E-state index contributed by atoms with van der Waals surface area (Å²) in [4.78, 5) is 14.3. The van der Waals surface area contributed by atoms with Crippen LogP contribution in [0.3, 0.4) is 0 Å². The van der Waals surface area contributed by atoms with Crippen molar-refractivity contribution in [2.75, 3.05) is 0 Å². The zero-order valence-corrected chi connectivity index (χ0v) is 73.6. The summed E-state index contributed by atoms with van der Waals surface area (Å²) in [7, 11) is -11.4. The van der Waals surface area contributed by atoms with E-state index in [1.165, 1.54) is 72.7 Å². The Bertz CT molecular complexity index is 3570. The molecule has 0 saturated carbocycles. The SMILES string of the molecule is C=C(C)[Si](Br)(C(C)C)C(C)C.C=C(C)[Si](c1cnc([Si](C)(C)C(C)(C)C)n1-c1ccccc1)(C(C)C)C(C)C.C=C(C)[Si](c1cncn1-c1ccccc1)(C(C)C)C(C)C.CC(C)(C)[Si](C)(C)c1ncc(Br)n1-c1ccccc1.Cc1ccc(S(=O)(=O)O)cc1.O.[CH2-]CCC.[Li+]. The molecule has 0 aliphatic heterocycles. The molecule has 0 unspecified atom stereocenters. The summed E-state index contributed by atoms with van der Waals surface area (Å²) < 4.78 is 37.6. The van der Waals surface area contributed by atoms with Crippen LogP contribution in [0.4, 0.5) is 0 Å². The first-order valence-corrected chi connectivity index (χ1v) is 50.7. The molecular formula is C77H125Br2LiN6O4SSi5. The predicted octanol–water partition coefficient (Wildman–Crippen LogP) is 18.3. The standard InChI is InChI=1S/C24H40N2Si2.C18H26N2Si.C15H21BrN2Si.C9H19BrSi.C7H8O3S.C4H9.Li.H2O/c1-18(2)28(19(3)4,20(5)6)22-17-25-23(27(10,11)24(7,8)9)26(22)21-15-13-12-14-16-21;1-14(2)21(15(3)4,16(5)6)18-12-19-13-20(18)17-10-8-7-9-11-17;1-15(2,3)19(4,5)14-17-11-13(16)18(14)12-9-7-6-8-10-12;1-7(2)11(10,8(3)4)9(5)6;1-6-2-4-7(5-3-6)11(8,9)10;1-3-4-2;;/h12-17,19-20H,1H2,2-11H3;7-13,15-16H,1H2,2-6H3;6-11H,1-5H3;8-9H,1H2,2-6H3;2-5H,1H3,(H,8,9,10);1,3-4H2,2H3;;1H2/q;;;;;-1;+1;. The Kier molecular flexibility index (Phi) is 37.4. The number of unbranched alkanes of at least 4 members (excludes halogenated alkanes) is 1. The first-order valence-electron chi connectivity index (χ1n) is 33.7. The van der Waals surface area contributed by atoms with Crippen molar-refractivity contribution in [2.24, 2.45) is 0 Å². The molecule has 0 spiro atoms. The second kappa shape index (κ2) is 38.9. The van der Waals surface area contributed by atoms with Crippen molar-refractivity contribution in [3.8, 4) is 17.1 Å². The van der Waals surface area contributed by atoms with Crippen molar-refractivity contribution in [3.05, 3.63) is 193 Å². The predicted molar refractivity (Wildman–Crippen MR) is 437 cm³/mol. The third kappa shape index (κ3) is 21.9. The Morgan fingerprint density at radius 2 is 0.885 bits per heavy atom. The molecule has 10 nitrogen and oxygen atoms in total. The number of aromatic nitrogens is 6. The van der Waals surface area contributed by atoms with Crippen LogP contribution in [-0.2, 0) is 10.1 Å². The topological polar surface area (TPSA) is 139 Å². The Morgan fingerprint density at radius 1 is 0.552 bits per heavy atom. The first-order chi connectivity index (χ1) is 43.2.